The summed E-state index contributed by atoms with van der Waals surface area (Å²) in [7, 11) is 0. The fourth-order valence-corrected chi connectivity index (χ4v) is 2.51. The Morgan fingerprint density at radius 2 is 2.05 bits per heavy atom. The maximum absolute atomic E-state index is 12.9. The van der Waals surface area contributed by atoms with Crippen LogP contribution in [0.15, 0.2) is 16.7 Å². The van der Waals surface area contributed by atoms with Crippen LogP contribution >= 0.6 is 15.9 Å². The quantitative estimate of drug-likeness (QED) is 0.861. The summed E-state index contributed by atoms with van der Waals surface area (Å²) >= 11 is 3.02. The highest BCUT2D eigenvalue weighted by Gasteiger charge is 2.45. The van der Waals surface area contributed by atoms with E-state index in [1.807, 2.05) is 0 Å². The summed E-state index contributed by atoms with van der Waals surface area (Å²) in [6.07, 6.45) is -0.884. The van der Waals surface area contributed by atoms with Gasteiger partial charge in [0, 0.05) is 17.2 Å². The summed E-state index contributed by atoms with van der Waals surface area (Å²) in [5.74, 6) is 0.382. The molecule has 1 aliphatic carbocycles. The van der Waals surface area contributed by atoms with Crippen LogP contribution in [0.1, 0.15) is 32.3 Å². The molecule has 1 aromatic heterocycles. The first-order valence-electron chi connectivity index (χ1n) is 6.21. The molecule has 2 rings (SSSR count). The van der Waals surface area contributed by atoms with Gasteiger partial charge in [0.25, 0.3) is 0 Å². The molecular weight excluding hydrogens is 321 g/mol. The van der Waals surface area contributed by atoms with Crippen molar-refractivity contribution in [2.24, 2.45) is 11.3 Å². The third-order valence-corrected chi connectivity index (χ3v) is 4.32. The van der Waals surface area contributed by atoms with Gasteiger partial charge >= 0.3 is 6.18 Å². The van der Waals surface area contributed by atoms with Gasteiger partial charge in [-0.25, -0.2) is 4.98 Å². The van der Waals surface area contributed by atoms with Crippen LogP contribution in [0.4, 0.5) is 19.0 Å². The standard InChI is InChI=1S/C13H16BrF3N2/c1-8(2)12(3-4-12)7-19-11-10(13(15,16)17)5-9(14)6-18-11/h5-6,8H,3-4,7H2,1-2H3,(H,18,19). The van der Waals surface area contributed by atoms with Crippen LogP contribution in [-0.2, 0) is 6.18 Å². The van der Waals surface area contributed by atoms with Crippen LogP contribution in [-0.4, -0.2) is 11.5 Å². The number of nitrogens with one attached hydrogen (secondary N) is 1. The molecule has 1 fully saturated rings. The number of aromatic nitrogens is 1. The Labute approximate surface area is 118 Å². The topological polar surface area (TPSA) is 24.9 Å². The van der Waals surface area contributed by atoms with E-state index in [1.54, 1.807) is 0 Å². The predicted octanol–water partition coefficient (Wildman–Crippen LogP) is 4.71. The van der Waals surface area contributed by atoms with Crippen molar-refractivity contribution in [3.8, 4) is 0 Å². The maximum atomic E-state index is 12.9. The third kappa shape index (κ3) is 3.22. The SMILES string of the molecule is CC(C)C1(CNc2ncc(Br)cc2C(F)(F)F)CC1. The highest BCUT2D eigenvalue weighted by Crippen LogP contribution is 2.52. The molecule has 0 spiro atoms. The average Bonchev–Trinajstić information content (AvgIpc) is 3.07. The lowest BCUT2D eigenvalue weighted by Crippen LogP contribution is -2.23. The van der Waals surface area contributed by atoms with Crippen molar-refractivity contribution < 1.29 is 13.2 Å². The molecule has 106 valence electrons. The number of hydrogen-bond acceptors (Lipinski definition) is 2. The summed E-state index contributed by atoms with van der Waals surface area (Å²) in [6, 6.07) is 1.06. The van der Waals surface area contributed by atoms with E-state index in [2.05, 4.69) is 40.1 Å². The predicted molar refractivity (Wildman–Crippen MR) is 71.9 cm³/mol. The number of hydrogen-bond donors (Lipinski definition) is 1. The van der Waals surface area contributed by atoms with E-state index in [9.17, 15) is 13.2 Å². The van der Waals surface area contributed by atoms with Gasteiger partial charge in [-0.2, -0.15) is 13.2 Å². The van der Waals surface area contributed by atoms with Crippen molar-refractivity contribution >= 4 is 21.7 Å². The van der Waals surface area contributed by atoms with Gasteiger partial charge < -0.3 is 5.32 Å². The van der Waals surface area contributed by atoms with Crippen molar-refractivity contribution in [1.29, 1.82) is 0 Å². The van der Waals surface area contributed by atoms with Gasteiger partial charge in [-0.1, -0.05) is 13.8 Å². The fourth-order valence-electron chi connectivity index (χ4n) is 2.17. The van der Waals surface area contributed by atoms with Gasteiger partial charge in [0.1, 0.15) is 5.82 Å². The van der Waals surface area contributed by atoms with E-state index in [4.69, 9.17) is 0 Å². The summed E-state index contributed by atoms with van der Waals surface area (Å²) < 4.78 is 39.1. The number of nitrogens with zero attached hydrogens (tertiary/aromatic N) is 1. The molecule has 6 heteroatoms. The first kappa shape index (κ1) is 14.6. The number of anilines is 1. The monoisotopic (exact) mass is 336 g/mol. The largest absolute Gasteiger partial charge is 0.419 e. The first-order valence-corrected chi connectivity index (χ1v) is 7.00. The van der Waals surface area contributed by atoms with Crippen LogP contribution in [0.3, 0.4) is 0 Å². The normalized spacial score (nSPS) is 17.6. The van der Waals surface area contributed by atoms with Crippen LogP contribution in [0.25, 0.3) is 0 Å². The van der Waals surface area contributed by atoms with E-state index in [-0.39, 0.29) is 11.2 Å². The Bertz CT molecular complexity index is 467. The van der Waals surface area contributed by atoms with Gasteiger partial charge in [-0.05, 0) is 46.2 Å². The van der Waals surface area contributed by atoms with E-state index in [0.29, 0.717) is 16.9 Å². The summed E-state index contributed by atoms with van der Waals surface area (Å²) in [5, 5.41) is 2.88. The number of halogens is 4. The van der Waals surface area contributed by atoms with Crippen LogP contribution < -0.4 is 5.32 Å². The zero-order valence-electron chi connectivity index (χ0n) is 10.8. The van der Waals surface area contributed by atoms with Crippen LogP contribution in [0.5, 0.6) is 0 Å². The Balaban J connectivity index is 2.17. The number of alkyl halides is 3. The van der Waals surface area contributed by atoms with E-state index in [1.165, 1.54) is 6.20 Å². The number of pyridine rings is 1. The summed E-state index contributed by atoms with van der Waals surface area (Å²) in [6.45, 7) is 4.76. The molecule has 0 aromatic carbocycles. The first-order chi connectivity index (χ1) is 8.74. The van der Waals surface area contributed by atoms with Gasteiger partial charge in [0.05, 0.1) is 5.56 Å². The number of rotatable bonds is 4. The molecule has 0 radical (unpaired) electrons. The molecule has 1 heterocycles. The van der Waals surface area contributed by atoms with E-state index in [0.717, 1.165) is 18.9 Å². The summed E-state index contributed by atoms with van der Waals surface area (Å²) in [5.41, 5.74) is -0.584. The van der Waals surface area contributed by atoms with Gasteiger partial charge in [-0.3, -0.25) is 0 Å². The highest BCUT2D eigenvalue weighted by molar-refractivity contribution is 9.10. The van der Waals surface area contributed by atoms with Gasteiger partial charge in [-0.15, -0.1) is 0 Å². The second kappa shape index (κ2) is 4.96. The lowest BCUT2D eigenvalue weighted by molar-refractivity contribution is -0.137. The Morgan fingerprint density at radius 1 is 1.42 bits per heavy atom. The molecular formula is C13H16BrF3N2. The average molecular weight is 337 g/mol. The molecule has 1 N–H and O–H groups in total. The van der Waals surface area contributed by atoms with Crippen molar-refractivity contribution in [3.63, 3.8) is 0 Å². The van der Waals surface area contributed by atoms with E-state index >= 15 is 0 Å². The molecule has 0 bridgehead atoms. The lowest BCUT2D eigenvalue weighted by Gasteiger charge is -2.22. The Hall–Kier alpha value is -0.780. The smallest absolute Gasteiger partial charge is 0.369 e. The molecule has 0 aliphatic heterocycles. The molecule has 2 nitrogen and oxygen atoms in total. The van der Waals surface area contributed by atoms with Crippen molar-refractivity contribution in [1.82, 2.24) is 4.98 Å². The minimum absolute atomic E-state index is 0.0809. The molecule has 0 atom stereocenters. The van der Waals surface area contributed by atoms with Gasteiger partial charge in [0.2, 0.25) is 0 Å². The van der Waals surface area contributed by atoms with Crippen LogP contribution in [0.2, 0.25) is 0 Å². The second-order valence-electron chi connectivity index (χ2n) is 5.42. The molecule has 0 unspecified atom stereocenters. The third-order valence-electron chi connectivity index (χ3n) is 3.88. The second-order valence-corrected chi connectivity index (χ2v) is 6.33. The molecule has 1 saturated carbocycles. The summed E-state index contributed by atoms with van der Waals surface area (Å²) in [4.78, 5) is 3.86. The Kier molecular flexibility index (Phi) is 3.82. The van der Waals surface area contributed by atoms with Gasteiger partial charge in [0.15, 0.2) is 0 Å². The molecule has 1 aliphatic rings. The van der Waals surface area contributed by atoms with Crippen molar-refractivity contribution in [2.75, 3.05) is 11.9 Å². The zero-order valence-corrected chi connectivity index (χ0v) is 12.4. The highest BCUT2D eigenvalue weighted by atomic mass is 79.9. The molecule has 1 aromatic rings. The minimum atomic E-state index is -4.40. The minimum Gasteiger partial charge on any atom is -0.369 e. The Morgan fingerprint density at radius 3 is 2.53 bits per heavy atom. The van der Waals surface area contributed by atoms with Crippen molar-refractivity contribution in [2.45, 2.75) is 32.9 Å². The zero-order chi connectivity index (χ0) is 14.3. The fraction of sp³-hybridized carbons (Fsp3) is 0.615. The van der Waals surface area contributed by atoms with Crippen LogP contribution in [0, 0.1) is 11.3 Å². The molecule has 0 saturated heterocycles. The van der Waals surface area contributed by atoms with Crippen molar-refractivity contribution in [3.05, 3.63) is 22.3 Å². The maximum Gasteiger partial charge on any atom is 0.419 e. The van der Waals surface area contributed by atoms with E-state index < -0.39 is 11.7 Å². The molecule has 19 heavy (non-hydrogen) atoms. The molecule has 0 amide bonds. The lowest BCUT2D eigenvalue weighted by atomic mass is 9.92.